The van der Waals surface area contributed by atoms with Crippen molar-refractivity contribution in [2.45, 2.75) is 6.54 Å². The van der Waals surface area contributed by atoms with Gasteiger partial charge < -0.3 is 5.32 Å². The molecule has 2 heterocycles. The smallest absolute Gasteiger partial charge is 0.273 e. The minimum absolute atomic E-state index is 0.259. The van der Waals surface area contributed by atoms with Gasteiger partial charge in [0.15, 0.2) is 5.13 Å². The van der Waals surface area contributed by atoms with Crippen molar-refractivity contribution in [1.29, 1.82) is 0 Å². The van der Waals surface area contributed by atoms with Crippen molar-refractivity contribution in [3.63, 3.8) is 0 Å². The van der Waals surface area contributed by atoms with Crippen LogP contribution in [0.1, 0.15) is 0 Å². The normalized spacial score (nSPS) is 10.9. The quantitative estimate of drug-likeness (QED) is 0.538. The number of H-pyrrole nitrogens is 1. The van der Waals surface area contributed by atoms with E-state index < -0.39 is 17.0 Å². The third kappa shape index (κ3) is 3.47. The van der Waals surface area contributed by atoms with Crippen molar-refractivity contribution in [2.24, 2.45) is 0 Å². The number of amides is 1. The van der Waals surface area contributed by atoms with Gasteiger partial charge in [0.2, 0.25) is 5.91 Å². The molecule has 0 aliphatic carbocycles. The highest BCUT2D eigenvalue weighted by atomic mass is 35.5. The molecule has 7 nitrogen and oxygen atoms in total. The van der Waals surface area contributed by atoms with E-state index in [0.29, 0.717) is 15.8 Å². The molecule has 0 saturated heterocycles. The molecule has 140 valence electrons. The maximum absolute atomic E-state index is 12.5. The Morgan fingerprint density at radius 2 is 1.82 bits per heavy atom. The van der Waals surface area contributed by atoms with Crippen LogP contribution in [-0.4, -0.2) is 20.7 Å². The van der Waals surface area contributed by atoms with Crippen LogP contribution < -0.4 is 16.4 Å². The zero-order valence-corrected chi connectivity index (χ0v) is 15.9. The SMILES string of the molecule is O=C(Cn1[nH]c(=O)c2ccccc2c1=O)Nc1nc(-c2ccccc2Cl)cs1. The van der Waals surface area contributed by atoms with E-state index in [9.17, 15) is 14.4 Å². The van der Waals surface area contributed by atoms with Gasteiger partial charge >= 0.3 is 0 Å². The number of carbonyl (C=O) groups is 1. The number of aromatic nitrogens is 3. The monoisotopic (exact) mass is 412 g/mol. The number of hydrogen-bond donors (Lipinski definition) is 2. The fraction of sp³-hybridized carbons (Fsp3) is 0.0526. The number of fused-ring (bicyclic) bond motifs is 1. The van der Waals surface area contributed by atoms with Gasteiger partial charge in [-0.1, -0.05) is 41.9 Å². The van der Waals surface area contributed by atoms with Crippen LogP contribution in [0, 0.1) is 0 Å². The summed E-state index contributed by atoms with van der Waals surface area (Å²) < 4.78 is 0.989. The van der Waals surface area contributed by atoms with Crippen molar-refractivity contribution in [1.82, 2.24) is 14.8 Å². The lowest BCUT2D eigenvalue weighted by Crippen LogP contribution is -2.34. The van der Waals surface area contributed by atoms with E-state index in [4.69, 9.17) is 11.6 Å². The predicted octanol–water partition coefficient (Wildman–Crippen LogP) is 3.11. The second-order valence-corrected chi connectivity index (χ2v) is 7.21. The average Bonchev–Trinajstić information content (AvgIpc) is 3.14. The summed E-state index contributed by atoms with van der Waals surface area (Å²) in [7, 11) is 0. The van der Waals surface area contributed by atoms with E-state index in [-0.39, 0.29) is 17.3 Å². The number of halogens is 1. The highest BCUT2D eigenvalue weighted by Gasteiger charge is 2.13. The van der Waals surface area contributed by atoms with Crippen molar-refractivity contribution >= 4 is 44.7 Å². The van der Waals surface area contributed by atoms with Gasteiger partial charge in [-0.15, -0.1) is 11.3 Å². The number of carbonyl (C=O) groups excluding carboxylic acids is 1. The Bertz CT molecular complexity index is 1310. The first-order valence-electron chi connectivity index (χ1n) is 8.25. The topological polar surface area (TPSA) is 96.9 Å². The van der Waals surface area contributed by atoms with Crippen LogP contribution in [0.15, 0.2) is 63.5 Å². The third-order valence-electron chi connectivity index (χ3n) is 4.09. The largest absolute Gasteiger partial charge is 0.300 e. The van der Waals surface area contributed by atoms with Gasteiger partial charge in [0.25, 0.3) is 11.1 Å². The van der Waals surface area contributed by atoms with Gasteiger partial charge in [0.05, 0.1) is 16.5 Å². The van der Waals surface area contributed by atoms with Gasteiger partial charge in [-0.3, -0.25) is 19.5 Å². The fourth-order valence-electron chi connectivity index (χ4n) is 2.78. The molecule has 4 rings (SSSR count). The molecule has 4 aromatic rings. The van der Waals surface area contributed by atoms with Gasteiger partial charge in [-0.2, -0.15) is 0 Å². The summed E-state index contributed by atoms with van der Waals surface area (Å²) in [6.07, 6.45) is 0. The molecule has 0 atom stereocenters. The summed E-state index contributed by atoms with van der Waals surface area (Å²) in [4.78, 5) is 41.3. The molecule has 2 N–H and O–H groups in total. The van der Waals surface area contributed by atoms with E-state index in [1.807, 2.05) is 18.2 Å². The first-order chi connectivity index (χ1) is 13.5. The van der Waals surface area contributed by atoms with Gasteiger partial charge in [0.1, 0.15) is 6.54 Å². The molecule has 0 saturated carbocycles. The lowest BCUT2D eigenvalue weighted by Gasteiger charge is -2.06. The molecule has 0 unspecified atom stereocenters. The summed E-state index contributed by atoms with van der Waals surface area (Å²) in [6, 6.07) is 13.7. The molecule has 0 spiro atoms. The molecule has 28 heavy (non-hydrogen) atoms. The van der Waals surface area contributed by atoms with Crippen molar-refractivity contribution in [3.8, 4) is 11.3 Å². The van der Waals surface area contributed by atoms with Crippen LogP contribution in [0.25, 0.3) is 22.0 Å². The molecule has 0 fully saturated rings. The second-order valence-electron chi connectivity index (χ2n) is 5.94. The number of thiazole rings is 1. The summed E-state index contributed by atoms with van der Waals surface area (Å²) in [5, 5.41) is 8.32. The first kappa shape index (κ1) is 18.1. The Kier molecular flexibility index (Phi) is 4.81. The lowest BCUT2D eigenvalue weighted by molar-refractivity contribution is -0.117. The van der Waals surface area contributed by atoms with Crippen LogP contribution >= 0.6 is 22.9 Å². The minimum atomic E-state index is -0.479. The number of aromatic amines is 1. The van der Waals surface area contributed by atoms with Gasteiger partial charge in [-0.25, -0.2) is 9.67 Å². The summed E-state index contributed by atoms with van der Waals surface area (Å²) in [5.41, 5.74) is 0.526. The van der Waals surface area contributed by atoms with Gasteiger partial charge in [0, 0.05) is 16.0 Å². The number of rotatable bonds is 4. The number of anilines is 1. The van der Waals surface area contributed by atoms with E-state index in [1.54, 1.807) is 35.7 Å². The standard InChI is InChI=1S/C19H13ClN4O3S/c20-14-8-4-3-7-13(14)15-10-28-19(21-15)22-16(25)9-24-18(27)12-6-2-1-5-11(12)17(26)23-24/h1-8,10H,9H2,(H,23,26)(H,21,22,25). The Labute approximate surface area is 167 Å². The minimum Gasteiger partial charge on any atom is -0.300 e. The van der Waals surface area contributed by atoms with Crippen molar-refractivity contribution < 1.29 is 4.79 Å². The second kappa shape index (κ2) is 7.41. The maximum Gasteiger partial charge on any atom is 0.273 e. The molecular formula is C19H13ClN4O3S. The van der Waals surface area contributed by atoms with Crippen molar-refractivity contribution in [3.05, 3.63) is 79.6 Å². The molecule has 0 aliphatic rings. The highest BCUT2D eigenvalue weighted by molar-refractivity contribution is 7.14. The van der Waals surface area contributed by atoms with Crippen LogP contribution in [-0.2, 0) is 11.3 Å². The molecule has 0 aliphatic heterocycles. The van der Waals surface area contributed by atoms with Crippen LogP contribution in [0.3, 0.4) is 0 Å². The molecule has 2 aromatic heterocycles. The highest BCUT2D eigenvalue weighted by Crippen LogP contribution is 2.30. The fourth-order valence-corrected chi connectivity index (χ4v) is 3.74. The molecule has 9 heteroatoms. The molecule has 0 radical (unpaired) electrons. The average molecular weight is 413 g/mol. The summed E-state index contributed by atoms with van der Waals surface area (Å²) in [6.45, 7) is -0.333. The van der Waals surface area contributed by atoms with E-state index >= 15 is 0 Å². The Morgan fingerprint density at radius 3 is 2.61 bits per heavy atom. The number of nitrogens with one attached hydrogen (secondary N) is 2. The molecular weight excluding hydrogens is 400 g/mol. The number of hydrogen-bond acceptors (Lipinski definition) is 5. The lowest BCUT2D eigenvalue weighted by atomic mass is 10.2. The van der Waals surface area contributed by atoms with Crippen LogP contribution in [0.4, 0.5) is 5.13 Å². The Balaban J connectivity index is 1.55. The van der Waals surface area contributed by atoms with Gasteiger partial charge in [-0.05, 0) is 18.2 Å². The first-order valence-corrected chi connectivity index (χ1v) is 9.51. The summed E-state index contributed by atoms with van der Waals surface area (Å²) in [5.74, 6) is -0.479. The molecule has 2 aromatic carbocycles. The van der Waals surface area contributed by atoms with E-state index in [1.165, 1.54) is 11.3 Å². The third-order valence-corrected chi connectivity index (χ3v) is 5.17. The maximum atomic E-state index is 12.5. The zero-order valence-electron chi connectivity index (χ0n) is 14.3. The predicted molar refractivity (Wildman–Crippen MR) is 110 cm³/mol. The Hall–Kier alpha value is -3.23. The molecule has 0 bridgehead atoms. The van der Waals surface area contributed by atoms with Crippen molar-refractivity contribution in [2.75, 3.05) is 5.32 Å². The van der Waals surface area contributed by atoms with E-state index in [0.717, 1.165) is 10.2 Å². The Morgan fingerprint density at radius 1 is 1.11 bits per heavy atom. The number of benzene rings is 2. The zero-order chi connectivity index (χ0) is 19.7. The molecule has 1 amide bonds. The van der Waals surface area contributed by atoms with E-state index in [2.05, 4.69) is 15.4 Å². The number of nitrogens with zero attached hydrogens (tertiary/aromatic N) is 2. The van der Waals surface area contributed by atoms with Crippen LogP contribution in [0.2, 0.25) is 5.02 Å². The van der Waals surface area contributed by atoms with Crippen LogP contribution in [0.5, 0.6) is 0 Å². The summed E-state index contributed by atoms with van der Waals surface area (Å²) >= 11 is 7.41.